The molecule has 4 nitrogen and oxygen atoms in total. The zero-order valence-corrected chi connectivity index (χ0v) is 14.2. The van der Waals surface area contributed by atoms with Crippen LogP contribution in [-0.2, 0) is 4.79 Å². The van der Waals surface area contributed by atoms with Crippen LogP contribution in [0.25, 0.3) is 0 Å². The number of ether oxygens (including phenoxy) is 1. The number of fused-ring (bicyclic) bond motifs is 2. The Morgan fingerprint density at radius 3 is 2.60 bits per heavy atom. The summed E-state index contributed by atoms with van der Waals surface area (Å²) in [6.45, 7) is 0.301. The molecule has 25 heavy (non-hydrogen) atoms. The molecule has 0 radical (unpaired) electrons. The topological polar surface area (TPSA) is 50.4 Å². The Morgan fingerprint density at radius 2 is 1.96 bits per heavy atom. The predicted octanol–water partition coefficient (Wildman–Crippen LogP) is 3.80. The van der Waals surface area contributed by atoms with Gasteiger partial charge >= 0.3 is 6.18 Å². The molecule has 2 aliphatic rings. The smallest absolute Gasteiger partial charge is 0.422 e. The first-order valence-electron chi connectivity index (χ1n) is 8.65. The second-order valence-corrected chi connectivity index (χ2v) is 7.06. The third kappa shape index (κ3) is 4.87. The molecule has 1 aromatic rings. The molecule has 1 amide bonds. The lowest BCUT2D eigenvalue weighted by atomic mass is 9.89. The number of halogens is 3. The van der Waals surface area contributed by atoms with E-state index in [1.807, 2.05) is 0 Å². The van der Waals surface area contributed by atoms with Crippen molar-refractivity contribution in [1.82, 2.24) is 5.32 Å². The van der Waals surface area contributed by atoms with Crippen LogP contribution < -0.4 is 15.4 Å². The standard InChI is InChI=1S/C18H23F3N2O2/c1-11-15(3-2-4-16(11)25-10-18(19,20)21)23-17(24)9-12-7-13-5-6-14(8-12)22-13/h2-4,12-14,22H,5-10H2,1H3,(H,23,24). The van der Waals surface area contributed by atoms with Crippen LogP contribution in [0.1, 0.15) is 37.7 Å². The van der Waals surface area contributed by atoms with Crippen molar-refractivity contribution in [3.63, 3.8) is 0 Å². The SMILES string of the molecule is Cc1c(NC(=O)CC2CC3CCC(C2)N3)cccc1OCC(F)(F)F. The summed E-state index contributed by atoms with van der Waals surface area (Å²) in [5, 5.41) is 6.37. The lowest BCUT2D eigenvalue weighted by Crippen LogP contribution is -2.39. The molecule has 7 heteroatoms. The van der Waals surface area contributed by atoms with E-state index in [0.717, 1.165) is 12.8 Å². The van der Waals surface area contributed by atoms with Gasteiger partial charge in [-0.1, -0.05) is 6.07 Å². The number of anilines is 1. The second kappa shape index (κ2) is 7.23. The molecule has 0 aliphatic carbocycles. The highest BCUT2D eigenvalue weighted by Crippen LogP contribution is 2.33. The zero-order chi connectivity index (χ0) is 18.0. The number of amides is 1. The lowest BCUT2D eigenvalue weighted by Gasteiger charge is -2.28. The van der Waals surface area contributed by atoms with Gasteiger partial charge in [0.15, 0.2) is 6.61 Å². The van der Waals surface area contributed by atoms with Crippen molar-refractivity contribution in [1.29, 1.82) is 0 Å². The maximum absolute atomic E-state index is 12.3. The highest BCUT2D eigenvalue weighted by Gasteiger charge is 2.34. The number of benzene rings is 1. The maximum atomic E-state index is 12.3. The molecule has 2 aliphatic heterocycles. The first-order chi connectivity index (χ1) is 11.8. The number of carbonyl (C=O) groups excluding carboxylic acids is 1. The van der Waals surface area contributed by atoms with E-state index in [2.05, 4.69) is 10.6 Å². The number of piperidine rings is 1. The molecule has 138 valence electrons. The van der Waals surface area contributed by atoms with E-state index in [9.17, 15) is 18.0 Å². The molecule has 3 rings (SSSR count). The molecule has 1 aromatic carbocycles. The third-order valence-corrected chi connectivity index (χ3v) is 4.99. The van der Waals surface area contributed by atoms with Crippen LogP contribution in [0.3, 0.4) is 0 Å². The van der Waals surface area contributed by atoms with E-state index >= 15 is 0 Å². The van der Waals surface area contributed by atoms with Crippen LogP contribution >= 0.6 is 0 Å². The highest BCUT2D eigenvalue weighted by atomic mass is 19.4. The fourth-order valence-electron chi connectivity index (χ4n) is 3.87. The van der Waals surface area contributed by atoms with Gasteiger partial charge in [-0.3, -0.25) is 4.79 Å². The van der Waals surface area contributed by atoms with Crippen molar-refractivity contribution in [2.75, 3.05) is 11.9 Å². The average Bonchev–Trinajstić information content (AvgIpc) is 2.86. The Labute approximate surface area is 145 Å². The molecular weight excluding hydrogens is 333 g/mol. The molecule has 2 heterocycles. The lowest BCUT2D eigenvalue weighted by molar-refractivity contribution is -0.153. The number of carbonyl (C=O) groups is 1. The van der Waals surface area contributed by atoms with Gasteiger partial charge in [0.25, 0.3) is 0 Å². The fourth-order valence-corrected chi connectivity index (χ4v) is 3.87. The van der Waals surface area contributed by atoms with E-state index in [4.69, 9.17) is 4.74 Å². The summed E-state index contributed by atoms with van der Waals surface area (Å²) in [4.78, 5) is 12.3. The Bertz CT molecular complexity index is 621. The highest BCUT2D eigenvalue weighted by molar-refractivity contribution is 5.92. The van der Waals surface area contributed by atoms with Crippen LogP contribution in [0, 0.1) is 12.8 Å². The first kappa shape index (κ1) is 18.0. The molecule has 0 spiro atoms. The summed E-state index contributed by atoms with van der Waals surface area (Å²) in [5.41, 5.74) is 1.01. The molecule has 0 aromatic heterocycles. The van der Waals surface area contributed by atoms with Crippen molar-refractivity contribution in [2.24, 2.45) is 5.92 Å². The van der Waals surface area contributed by atoms with Crippen molar-refractivity contribution in [3.8, 4) is 5.75 Å². The summed E-state index contributed by atoms with van der Waals surface area (Å²) < 4.78 is 41.8. The number of alkyl halides is 3. The van der Waals surface area contributed by atoms with Crippen LogP contribution in [0.5, 0.6) is 5.75 Å². The maximum Gasteiger partial charge on any atom is 0.422 e. The number of hydrogen-bond acceptors (Lipinski definition) is 3. The molecule has 2 unspecified atom stereocenters. The van der Waals surface area contributed by atoms with Gasteiger partial charge in [-0.15, -0.1) is 0 Å². The van der Waals surface area contributed by atoms with Crippen LogP contribution in [0.15, 0.2) is 18.2 Å². The van der Waals surface area contributed by atoms with E-state index < -0.39 is 12.8 Å². The molecule has 2 N–H and O–H groups in total. The molecule has 0 saturated carbocycles. The van der Waals surface area contributed by atoms with Crippen LogP contribution in [0.4, 0.5) is 18.9 Å². The number of nitrogens with one attached hydrogen (secondary N) is 2. The van der Waals surface area contributed by atoms with Crippen LogP contribution in [-0.4, -0.2) is 30.8 Å². The van der Waals surface area contributed by atoms with Gasteiger partial charge in [-0.25, -0.2) is 0 Å². The van der Waals surface area contributed by atoms with E-state index in [-0.39, 0.29) is 11.7 Å². The van der Waals surface area contributed by atoms with Gasteiger partial charge in [0.1, 0.15) is 5.75 Å². The Hall–Kier alpha value is -1.76. The van der Waals surface area contributed by atoms with Crippen molar-refractivity contribution in [2.45, 2.75) is 57.3 Å². The quantitative estimate of drug-likeness (QED) is 0.844. The number of rotatable bonds is 5. The predicted molar refractivity (Wildman–Crippen MR) is 88.6 cm³/mol. The van der Waals surface area contributed by atoms with Crippen LogP contribution in [0.2, 0.25) is 0 Å². The summed E-state index contributed by atoms with van der Waals surface area (Å²) in [6.07, 6.45) is 0.443. The molecule has 2 saturated heterocycles. The molecular formula is C18H23F3N2O2. The minimum absolute atomic E-state index is 0.0950. The summed E-state index contributed by atoms with van der Waals surface area (Å²) in [7, 11) is 0. The second-order valence-electron chi connectivity index (χ2n) is 7.06. The number of hydrogen-bond donors (Lipinski definition) is 2. The molecule has 2 atom stereocenters. The van der Waals surface area contributed by atoms with Gasteiger partial charge in [-0.05, 0) is 50.7 Å². The van der Waals surface area contributed by atoms with Gasteiger partial charge in [0.05, 0.1) is 0 Å². The van der Waals surface area contributed by atoms with Crippen molar-refractivity contribution >= 4 is 11.6 Å². The van der Waals surface area contributed by atoms with E-state index in [0.29, 0.717) is 35.7 Å². The average molecular weight is 356 g/mol. The monoisotopic (exact) mass is 356 g/mol. The van der Waals surface area contributed by atoms with E-state index in [1.165, 1.54) is 18.9 Å². The fraction of sp³-hybridized carbons (Fsp3) is 0.611. The third-order valence-electron chi connectivity index (χ3n) is 4.99. The summed E-state index contributed by atoms with van der Waals surface area (Å²) >= 11 is 0. The summed E-state index contributed by atoms with van der Waals surface area (Å²) in [6, 6.07) is 5.79. The largest absolute Gasteiger partial charge is 0.484 e. The minimum atomic E-state index is -4.39. The van der Waals surface area contributed by atoms with Gasteiger partial charge < -0.3 is 15.4 Å². The molecule has 2 bridgehead atoms. The first-order valence-corrected chi connectivity index (χ1v) is 8.65. The van der Waals surface area contributed by atoms with Crippen molar-refractivity contribution < 1.29 is 22.7 Å². The minimum Gasteiger partial charge on any atom is -0.484 e. The zero-order valence-electron chi connectivity index (χ0n) is 14.2. The Morgan fingerprint density at radius 1 is 1.28 bits per heavy atom. The normalized spacial score (nSPS) is 25.7. The van der Waals surface area contributed by atoms with Gasteiger partial charge in [0.2, 0.25) is 5.91 Å². The van der Waals surface area contributed by atoms with Crippen molar-refractivity contribution in [3.05, 3.63) is 23.8 Å². The summed E-state index contributed by atoms with van der Waals surface area (Å²) in [5.74, 6) is 0.404. The Kier molecular flexibility index (Phi) is 5.22. The molecule has 2 fully saturated rings. The van der Waals surface area contributed by atoms with Gasteiger partial charge in [-0.2, -0.15) is 13.2 Å². The van der Waals surface area contributed by atoms with E-state index in [1.54, 1.807) is 19.1 Å². The van der Waals surface area contributed by atoms with Gasteiger partial charge in [0, 0.05) is 29.8 Å². The Balaban J connectivity index is 1.57.